The molecule has 2 aromatic rings. The molecule has 1 N–H and O–H groups in total. The highest BCUT2D eigenvalue weighted by Gasteiger charge is 2.49. The molecule has 2 fully saturated rings. The largest absolute Gasteiger partial charge is 0.370 e. The van der Waals surface area contributed by atoms with Crippen molar-refractivity contribution in [3.63, 3.8) is 0 Å². The number of hydrogen-bond acceptors (Lipinski definition) is 5. The maximum absolute atomic E-state index is 12.2. The van der Waals surface area contributed by atoms with E-state index in [2.05, 4.69) is 26.3 Å². The molecule has 2 aliphatic rings. The lowest BCUT2D eigenvalue weighted by Crippen LogP contribution is -2.26. The highest BCUT2D eigenvalue weighted by molar-refractivity contribution is 5.89. The highest BCUT2D eigenvalue weighted by Crippen LogP contribution is 2.47. The maximum Gasteiger partial charge on any atom is 0.362 e. The fourth-order valence-electron chi connectivity index (χ4n) is 3.41. The van der Waals surface area contributed by atoms with Crippen LogP contribution in [0.15, 0.2) is 36.4 Å². The van der Waals surface area contributed by atoms with Gasteiger partial charge in [-0.2, -0.15) is 5.10 Å². The van der Waals surface area contributed by atoms with Crippen molar-refractivity contribution in [2.45, 2.75) is 57.3 Å². The van der Waals surface area contributed by atoms with Gasteiger partial charge in [-0.1, -0.05) is 18.2 Å². The Balaban J connectivity index is 1.51. The third kappa shape index (κ3) is 3.26. The number of nitrogens with one attached hydrogen (secondary N) is 1. The van der Waals surface area contributed by atoms with Crippen LogP contribution in [0.25, 0.3) is 0 Å². The number of anilines is 1. The first-order valence-electron chi connectivity index (χ1n) is 8.70. The molecule has 1 aliphatic heterocycles. The number of hydrogen-bond donors (Lipinski definition) is 1. The fourth-order valence-corrected chi connectivity index (χ4v) is 3.41. The van der Waals surface area contributed by atoms with E-state index in [0.29, 0.717) is 29.5 Å². The second-order valence-corrected chi connectivity index (χ2v) is 7.78. The van der Waals surface area contributed by atoms with Crippen molar-refractivity contribution < 1.29 is 14.4 Å². The molecule has 0 amide bonds. The van der Waals surface area contributed by atoms with Gasteiger partial charge in [0.25, 0.3) is 0 Å². The number of ether oxygens (including phenoxy) is 1. The lowest BCUT2D eigenvalue weighted by atomic mass is 10.0. The normalized spacial score (nSPS) is 24.7. The molecule has 6 nitrogen and oxygen atoms in total. The number of aromatic nitrogens is 2. The van der Waals surface area contributed by atoms with Crippen molar-refractivity contribution in [2.24, 2.45) is 0 Å². The molecule has 25 heavy (non-hydrogen) atoms. The molecular formula is C19H23N3O3. The van der Waals surface area contributed by atoms with Gasteiger partial charge in [-0.15, -0.1) is 0 Å². The van der Waals surface area contributed by atoms with Crippen LogP contribution >= 0.6 is 0 Å². The standard InChI is InChI=1S/C19H23N3O3/c1-19(2,3)22-17(21-25-18(23)12-7-5-4-6-8-12)11-14(20-22)13-9-15-16(10-13)24-15/h4-8,11,13,15-16,21H,9-10H2,1-3H3/t13-,15+,16?/m1/s1. The number of nitrogens with zero attached hydrogens (tertiary/aromatic N) is 2. The van der Waals surface area contributed by atoms with E-state index in [1.165, 1.54) is 0 Å². The van der Waals surface area contributed by atoms with E-state index in [0.717, 1.165) is 18.5 Å². The minimum absolute atomic E-state index is 0.224. The summed E-state index contributed by atoms with van der Waals surface area (Å²) in [4.78, 5) is 17.4. The molecule has 0 bridgehead atoms. The third-order valence-corrected chi connectivity index (χ3v) is 4.76. The zero-order valence-corrected chi connectivity index (χ0v) is 14.7. The predicted molar refractivity (Wildman–Crippen MR) is 93.3 cm³/mol. The molecule has 1 aromatic carbocycles. The summed E-state index contributed by atoms with van der Waals surface area (Å²) >= 11 is 0. The van der Waals surface area contributed by atoms with Gasteiger partial charge in [0.05, 0.1) is 29.0 Å². The molecule has 1 unspecified atom stereocenters. The molecule has 2 heterocycles. The minimum Gasteiger partial charge on any atom is -0.370 e. The van der Waals surface area contributed by atoms with E-state index in [1.807, 2.05) is 28.9 Å². The lowest BCUT2D eigenvalue weighted by Gasteiger charge is -2.22. The zero-order valence-electron chi connectivity index (χ0n) is 14.7. The Morgan fingerprint density at radius 3 is 2.56 bits per heavy atom. The van der Waals surface area contributed by atoms with Gasteiger partial charge in [0.15, 0.2) is 5.82 Å². The van der Waals surface area contributed by atoms with Crippen molar-refractivity contribution in [3.05, 3.63) is 47.7 Å². The smallest absolute Gasteiger partial charge is 0.362 e. The number of fused-ring (bicyclic) bond motifs is 1. The number of rotatable bonds is 4. The summed E-state index contributed by atoms with van der Waals surface area (Å²) in [5.74, 6) is 0.685. The molecule has 4 rings (SSSR count). The molecule has 1 aliphatic carbocycles. The van der Waals surface area contributed by atoms with Crippen molar-refractivity contribution in [1.29, 1.82) is 0 Å². The third-order valence-electron chi connectivity index (χ3n) is 4.76. The molecule has 1 aromatic heterocycles. The van der Waals surface area contributed by atoms with Gasteiger partial charge in [0.2, 0.25) is 0 Å². The number of carbonyl (C=O) groups is 1. The Kier molecular flexibility index (Phi) is 3.80. The van der Waals surface area contributed by atoms with Gasteiger partial charge in [-0.25, -0.2) is 15.0 Å². The van der Waals surface area contributed by atoms with Gasteiger partial charge in [0, 0.05) is 12.0 Å². The van der Waals surface area contributed by atoms with E-state index in [9.17, 15) is 4.79 Å². The van der Waals surface area contributed by atoms with Crippen LogP contribution in [0.1, 0.15) is 55.6 Å². The van der Waals surface area contributed by atoms with Gasteiger partial charge in [-0.05, 0) is 45.7 Å². The molecule has 0 radical (unpaired) electrons. The molecule has 6 heteroatoms. The van der Waals surface area contributed by atoms with E-state index < -0.39 is 5.97 Å². The fraction of sp³-hybridized carbons (Fsp3) is 0.474. The van der Waals surface area contributed by atoms with Crippen LogP contribution < -0.4 is 5.48 Å². The summed E-state index contributed by atoms with van der Waals surface area (Å²) in [6, 6.07) is 10.9. The first-order valence-corrected chi connectivity index (χ1v) is 8.70. The Bertz CT molecular complexity index is 769. The van der Waals surface area contributed by atoms with Gasteiger partial charge in [-0.3, -0.25) is 0 Å². The Morgan fingerprint density at radius 1 is 1.24 bits per heavy atom. The summed E-state index contributed by atoms with van der Waals surface area (Å²) in [6.45, 7) is 6.22. The molecular weight excluding hydrogens is 318 g/mol. The number of carbonyl (C=O) groups excluding carboxylic acids is 1. The Hall–Kier alpha value is -2.34. The van der Waals surface area contributed by atoms with Crippen molar-refractivity contribution >= 4 is 11.8 Å². The molecule has 0 spiro atoms. The second-order valence-electron chi connectivity index (χ2n) is 7.78. The van der Waals surface area contributed by atoms with Gasteiger partial charge >= 0.3 is 5.97 Å². The van der Waals surface area contributed by atoms with Crippen molar-refractivity contribution in [1.82, 2.24) is 9.78 Å². The quantitative estimate of drug-likeness (QED) is 0.681. The molecule has 132 valence electrons. The summed E-state index contributed by atoms with van der Waals surface area (Å²) in [7, 11) is 0. The highest BCUT2D eigenvalue weighted by atomic mass is 16.7. The van der Waals surface area contributed by atoms with Crippen LogP contribution in [-0.2, 0) is 15.1 Å². The van der Waals surface area contributed by atoms with Crippen molar-refractivity contribution in [2.75, 3.05) is 5.48 Å². The average molecular weight is 341 g/mol. The first kappa shape index (κ1) is 16.1. The predicted octanol–water partition coefficient (Wildman–Crippen LogP) is 3.47. The van der Waals surface area contributed by atoms with E-state index >= 15 is 0 Å². The van der Waals surface area contributed by atoms with Crippen molar-refractivity contribution in [3.8, 4) is 0 Å². The van der Waals surface area contributed by atoms with E-state index in [-0.39, 0.29) is 5.54 Å². The van der Waals surface area contributed by atoms with Gasteiger partial charge < -0.3 is 9.57 Å². The number of benzene rings is 1. The van der Waals surface area contributed by atoms with Gasteiger partial charge in [0.1, 0.15) is 0 Å². The second kappa shape index (κ2) is 5.88. The van der Waals surface area contributed by atoms with E-state index in [4.69, 9.17) is 14.7 Å². The average Bonchev–Trinajstić information content (AvgIpc) is 3.00. The Morgan fingerprint density at radius 2 is 1.92 bits per heavy atom. The van der Waals surface area contributed by atoms with Crippen LogP contribution in [0.3, 0.4) is 0 Å². The summed E-state index contributed by atoms with van der Waals surface area (Å²) < 4.78 is 7.40. The summed E-state index contributed by atoms with van der Waals surface area (Å²) in [5.41, 5.74) is 4.12. The number of epoxide rings is 1. The minimum atomic E-state index is -0.417. The van der Waals surface area contributed by atoms with Crippen LogP contribution in [0.4, 0.5) is 5.82 Å². The zero-order chi connectivity index (χ0) is 17.6. The monoisotopic (exact) mass is 341 g/mol. The molecule has 1 saturated heterocycles. The van der Waals surface area contributed by atoms with Crippen LogP contribution in [0.5, 0.6) is 0 Å². The summed E-state index contributed by atoms with van der Waals surface area (Å²) in [6.07, 6.45) is 2.87. The summed E-state index contributed by atoms with van der Waals surface area (Å²) in [5, 5.41) is 4.78. The SMILES string of the molecule is CC(C)(C)n1nc([C@H]2CC3O[C@H]3C2)cc1NOC(=O)c1ccccc1. The van der Waals surface area contributed by atoms with Crippen LogP contribution in [0, 0.1) is 0 Å². The first-order chi connectivity index (χ1) is 11.9. The van der Waals surface area contributed by atoms with Crippen LogP contribution in [0.2, 0.25) is 0 Å². The molecule has 3 atom stereocenters. The molecule has 1 saturated carbocycles. The lowest BCUT2D eigenvalue weighted by molar-refractivity contribution is 0.0591. The topological polar surface area (TPSA) is 68.7 Å². The van der Waals surface area contributed by atoms with Crippen LogP contribution in [-0.4, -0.2) is 28.0 Å². The maximum atomic E-state index is 12.2. The Labute approximate surface area is 147 Å². The van der Waals surface area contributed by atoms with E-state index in [1.54, 1.807) is 12.1 Å².